The molecule has 1 aliphatic heterocycles. The second-order valence-electron chi connectivity index (χ2n) is 5.52. The van der Waals surface area contributed by atoms with Crippen molar-refractivity contribution in [1.29, 1.82) is 0 Å². The van der Waals surface area contributed by atoms with Crippen molar-refractivity contribution in [3.05, 3.63) is 29.3 Å². The molecule has 0 amide bonds. The third-order valence-electron chi connectivity index (χ3n) is 4.13. The average molecular weight is 230 g/mol. The van der Waals surface area contributed by atoms with E-state index in [9.17, 15) is 4.79 Å². The van der Waals surface area contributed by atoms with Crippen molar-refractivity contribution in [2.24, 2.45) is 0 Å². The first kappa shape index (κ1) is 10.8. The van der Waals surface area contributed by atoms with Gasteiger partial charge in [-0.25, -0.2) is 0 Å². The van der Waals surface area contributed by atoms with E-state index < -0.39 is 0 Å². The van der Waals surface area contributed by atoms with Crippen molar-refractivity contribution >= 4 is 5.78 Å². The fraction of sp³-hybridized carbons (Fsp3) is 0.533. The van der Waals surface area contributed by atoms with E-state index in [4.69, 9.17) is 4.74 Å². The third kappa shape index (κ3) is 1.76. The second kappa shape index (κ2) is 3.86. The Kier molecular flexibility index (Phi) is 2.46. The molecule has 1 heterocycles. The van der Waals surface area contributed by atoms with Gasteiger partial charge in [0.2, 0.25) is 0 Å². The van der Waals surface area contributed by atoms with Crippen LogP contribution in [0.2, 0.25) is 0 Å². The molecule has 0 N–H and O–H groups in total. The Morgan fingerprint density at radius 3 is 2.94 bits per heavy atom. The molecule has 1 aliphatic carbocycles. The van der Waals surface area contributed by atoms with E-state index in [1.807, 2.05) is 0 Å². The van der Waals surface area contributed by atoms with Crippen LogP contribution in [0.3, 0.4) is 0 Å². The molecule has 0 aromatic heterocycles. The fourth-order valence-electron chi connectivity index (χ4n) is 3.12. The summed E-state index contributed by atoms with van der Waals surface area (Å²) in [6, 6.07) is 6.40. The Labute approximate surface area is 102 Å². The number of carbonyl (C=O) groups is 1. The fourth-order valence-corrected chi connectivity index (χ4v) is 3.12. The van der Waals surface area contributed by atoms with Crippen molar-refractivity contribution in [3.63, 3.8) is 0 Å². The van der Waals surface area contributed by atoms with Crippen molar-refractivity contribution < 1.29 is 9.53 Å². The van der Waals surface area contributed by atoms with Crippen molar-refractivity contribution in [2.45, 2.75) is 44.4 Å². The summed E-state index contributed by atoms with van der Waals surface area (Å²) >= 11 is 0. The number of carbonyl (C=O) groups excluding carboxylic acids is 1. The average Bonchev–Trinajstić information content (AvgIpc) is 2.70. The quantitative estimate of drug-likeness (QED) is 0.741. The molecule has 1 aromatic carbocycles. The van der Waals surface area contributed by atoms with Gasteiger partial charge in [-0.3, -0.25) is 4.79 Å². The highest BCUT2D eigenvalue weighted by atomic mass is 16.5. The third-order valence-corrected chi connectivity index (χ3v) is 4.13. The number of para-hydroxylation sites is 1. The van der Waals surface area contributed by atoms with Gasteiger partial charge in [0, 0.05) is 23.8 Å². The lowest BCUT2D eigenvalue weighted by atomic mass is 9.79. The predicted molar refractivity (Wildman–Crippen MR) is 66.5 cm³/mol. The molecule has 0 spiro atoms. The van der Waals surface area contributed by atoms with E-state index in [0.717, 1.165) is 38.0 Å². The Hall–Kier alpha value is -1.31. The number of ether oxygens (including phenoxy) is 1. The first-order chi connectivity index (χ1) is 8.19. The molecule has 0 bridgehead atoms. The number of aryl methyl sites for hydroxylation is 1. The number of fused-ring (bicyclic) bond motifs is 1. The minimum atomic E-state index is -0.000231. The first-order valence-corrected chi connectivity index (χ1v) is 6.46. The van der Waals surface area contributed by atoms with Crippen molar-refractivity contribution in [2.75, 3.05) is 6.61 Å². The van der Waals surface area contributed by atoms with Crippen LogP contribution in [0.1, 0.15) is 43.7 Å². The predicted octanol–water partition coefficient (Wildman–Crippen LogP) is 3.02. The molecule has 0 saturated heterocycles. The van der Waals surface area contributed by atoms with E-state index in [0.29, 0.717) is 12.2 Å². The molecule has 90 valence electrons. The zero-order chi connectivity index (χ0) is 11.9. The van der Waals surface area contributed by atoms with Crippen LogP contribution in [0.5, 0.6) is 5.75 Å². The number of Topliss-reactive ketones (excluding diaryl/α,β-unsaturated/α-hetero) is 1. The van der Waals surface area contributed by atoms with E-state index in [1.165, 1.54) is 11.1 Å². The molecule has 2 aliphatic rings. The molecule has 1 saturated carbocycles. The number of hydrogen-bond acceptors (Lipinski definition) is 2. The zero-order valence-corrected chi connectivity index (χ0v) is 10.3. The summed E-state index contributed by atoms with van der Waals surface area (Å²) < 4.78 is 5.86. The summed E-state index contributed by atoms with van der Waals surface area (Å²) in [5, 5.41) is 0. The van der Waals surface area contributed by atoms with Gasteiger partial charge < -0.3 is 4.74 Å². The standard InChI is InChI=1S/C15H18O2/c1-15(8-7-12(16)10-15)13-6-2-4-11-5-3-9-17-14(11)13/h2,4,6H,3,5,7-10H2,1H3. The lowest BCUT2D eigenvalue weighted by Gasteiger charge is -2.29. The lowest BCUT2D eigenvalue weighted by molar-refractivity contribution is -0.117. The summed E-state index contributed by atoms with van der Waals surface area (Å²) in [5.41, 5.74) is 2.56. The summed E-state index contributed by atoms with van der Waals surface area (Å²) in [6.45, 7) is 3.01. The van der Waals surface area contributed by atoms with Crippen molar-refractivity contribution in [1.82, 2.24) is 0 Å². The maximum absolute atomic E-state index is 11.6. The highest BCUT2D eigenvalue weighted by Crippen LogP contribution is 2.45. The minimum absolute atomic E-state index is 0.000231. The van der Waals surface area contributed by atoms with Crippen LogP contribution >= 0.6 is 0 Å². The second-order valence-corrected chi connectivity index (χ2v) is 5.52. The molecular formula is C15H18O2. The Balaban J connectivity index is 2.06. The summed E-state index contributed by atoms with van der Waals surface area (Å²) in [4.78, 5) is 11.6. The van der Waals surface area contributed by atoms with Crippen LogP contribution in [0, 0.1) is 0 Å². The minimum Gasteiger partial charge on any atom is -0.493 e. The molecule has 17 heavy (non-hydrogen) atoms. The zero-order valence-electron chi connectivity index (χ0n) is 10.3. The van der Waals surface area contributed by atoms with Crippen LogP contribution in [-0.2, 0) is 16.6 Å². The lowest BCUT2D eigenvalue weighted by Crippen LogP contribution is -2.21. The number of hydrogen-bond donors (Lipinski definition) is 0. The molecule has 0 radical (unpaired) electrons. The van der Waals surface area contributed by atoms with E-state index in [1.54, 1.807) is 0 Å². The van der Waals surface area contributed by atoms with Gasteiger partial charge in [0.05, 0.1) is 6.61 Å². The molecule has 1 fully saturated rings. The van der Waals surface area contributed by atoms with Crippen LogP contribution in [0.4, 0.5) is 0 Å². The maximum atomic E-state index is 11.6. The molecule has 1 unspecified atom stereocenters. The normalized spacial score (nSPS) is 27.7. The van der Waals surface area contributed by atoms with Crippen LogP contribution < -0.4 is 4.74 Å². The summed E-state index contributed by atoms with van der Waals surface area (Å²) in [6.07, 6.45) is 4.57. The van der Waals surface area contributed by atoms with Gasteiger partial charge in [-0.1, -0.05) is 25.1 Å². The van der Waals surface area contributed by atoms with Gasteiger partial charge in [0.15, 0.2) is 0 Å². The van der Waals surface area contributed by atoms with Gasteiger partial charge in [-0.2, -0.15) is 0 Å². The summed E-state index contributed by atoms with van der Waals surface area (Å²) in [5.74, 6) is 1.46. The monoisotopic (exact) mass is 230 g/mol. The Morgan fingerprint density at radius 1 is 1.29 bits per heavy atom. The molecular weight excluding hydrogens is 212 g/mol. The van der Waals surface area contributed by atoms with Gasteiger partial charge >= 0.3 is 0 Å². The smallest absolute Gasteiger partial charge is 0.133 e. The topological polar surface area (TPSA) is 26.3 Å². The van der Waals surface area contributed by atoms with Crippen LogP contribution in [-0.4, -0.2) is 12.4 Å². The molecule has 1 atom stereocenters. The molecule has 3 rings (SSSR count). The van der Waals surface area contributed by atoms with Gasteiger partial charge in [0.25, 0.3) is 0 Å². The first-order valence-electron chi connectivity index (χ1n) is 6.46. The highest BCUT2D eigenvalue weighted by molar-refractivity contribution is 5.83. The van der Waals surface area contributed by atoms with Gasteiger partial charge in [-0.15, -0.1) is 0 Å². The van der Waals surface area contributed by atoms with E-state index in [2.05, 4.69) is 25.1 Å². The maximum Gasteiger partial charge on any atom is 0.133 e. The number of rotatable bonds is 1. The van der Waals surface area contributed by atoms with Crippen LogP contribution in [0.25, 0.3) is 0 Å². The van der Waals surface area contributed by atoms with E-state index in [-0.39, 0.29) is 5.41 Å². The molecule has 2 nitrogen and oxygen atoms in total. The van der Waals surface area contributed by atoms with Gasteiger partial charge in [0.1, 0.15) is 11.5 Å². The largest absolute Gasteiger partial charge is 0.493 e. The summed E-state index contributed by atoms with van der Waals surface area (Å²) in [7, 11) is 0. The van der Waals surface area contributed by atoms with Crippen LogP contribution in [0.15, 0.2) is 18.2 Å². The number of ketones is 1. The van der Waals surface area contributed by atoms with E-state index >= 15 is 0 Å². The SMILES string of the molecule is CC1(c2cccc3c2OCCC3)CCC(=O)C1. The highest BCUT2D eigenvalue weighted by Gasteiger charge is 2.38. The Morgan fingerprint density at radius 2 is 2.18 bits per heavy atom. The van der Waals surface area contributed by atoms with Crippen molar-refractivity contribution in [3.8, 4) is 5.75 Å². The van der Waals surface area contributed by atoms with Gasteiger partial charge in [-0.05, 0) is 24.8 Å². The Bertz CT molecular complexity index is 464. The number of benzene rings is 1. The molecule has 2 heteroatoms. The molecule has 1 aromatic rings.